The predicted octanol–water partition coefficient (Wildman–Crippen LogP) is 4.59. The molecule has 0 aromatic rings. The fourth-order valence-electron chi connectivity index (χ4n) is 10.5. The number of fused-ring (bicyclic) bond motifs is 5. The molecule has 0 amide bonds. The Hall–Kier alpha value is -0.720. The van der Waals surface area contributed by atoms with Crippen molar-refractivity contribution in [3.8, 4) is 0 Å². The number of aliphatic hydroxyl groups is 4. The van der Waals surface area contributed by atoms with E-state index in [9.17, 15) is 20.4 Å². The zero-order chi connectivity index (χ0) is 25.8. The number of hydrogen-bond acceptors (Lipinski definition) is 5. The molecule has 6 rings (SSSR count). The van der Waals surface area contributed by atoms with E-state index in [0.29, 0.717) is 36.4 Å². The fourth-order valence-corrected chi connectivity index (χ4v) is 10.5. The van der Waals surface area contributed by atoms with Crippen LogP contribution in [0.5, 0.6) is 0 Å². The highest BCUT2D eigenvalue weighted by molar-refractivity contribution is 5.25. The maximum atomic E-state index is 11.9. The molecule has 4 N–H and O–H groups in total. The van der Waals surface area contributed by atoms with Crippen LogP contribution in [-0.4, -0.2) is 51.1 Å². The maximum Gasteiger partial charge on any atom is 0.170 e. The van der Waals surface area contributed by atoms with Gasteiger partial charge in [0.15, 0.2) is 5.79 Å². The summed E-state index contributed by atoms with van der Waals surface area (Å²) in [5, 5.41) is 44.1. The largest absolute Gasteiger partial charge is 0.393 e. The Morgan fingerprint density at radius 1 is 1.00 bits per heavy atom. The third-order valence-corrected chi connectivity index (χ3v) is 12.6. The molecule has 2 unspecified atom stereocenters. The molecule has 6 aliphatic rings. The topological polar surface area (TPSA) is 90.2 Å². The van der Waals surface area contributed by atoms with Gasteiger partial charge in [0.2, 0.25) is 0 Å². The predicted molar refractivity (Wildman–Crippen MR) is 136 cm³/mol. The second-order valence-electron chi connectivity index (χ2n) is 14.2. The average molecular weight is 489 g/mol. The Bertz CT molecular complexity index is 914. The molecule has 4 aliphatic carbocycles. The van der Waals surface area contributed by atoms with Crippen molar-refractivity contribution in [2.24, 2.45) is 45.3 Å². The van der Waals surface area contributed by atoms with Gasteiger partial charge in [0.1, 0.15) is 12.2 Å². The van der Waals surface area contributed by atoms with Crippen LogP contribution in [0, 0.1) is 45.3 Å². The SMILES string of the molecule is C=C(C)C(O)[C@@H](O)/C=C(\C)[C@H]1CC[C@]2(C)[C@@H]1C[C@@H](O)[C@@H]1[C@]34CC[C@@](O)(OC3)C(C)(C)C4CC[C@]12C. The Balaban J connectivity index is 1.49. The van der Waals surface area contributed by atoms with Crippen molar-refractivity contribution in [3.63, 3.8) is 0 Å². The maximum absolute atomic E-state index is 11.9. The summed E-state index contributed by atoms with van der Waals surface area (Å²) in [7, 11) is 0. The minimum atomic E-state index is -1.05. The Kier molecular flexibility index (Phi) is 5.84. The summed E-state index contributed by atoms with van der Waals surface area (Å²) in [4.78, 5) is 0. The minimum Gasteiger partial charge on any atom is -0.393 e. The number of allylic oxidation sites excluding steroid dienone is 1. The second-order valence-corrected chi connectivity index (χ2v) is 14.2. The van der Waals surface area contributed by atoms with E-state index in [1.54, 1.807) is 6.92 Å². The van der Waals surface area contributed by atoms with Crippen molar-refractivity contribution in [1.82, 2.24) is 0 Å². The molecular formula is C30H48O5. The highest BCUT2D eigenvalue weighted by atomic mass is 16.6. The quantitative estimate of drug-likeness (QED) is 0.435. The van der Waals surface area contributed by atoms with Crippen LogP contribution in [0.1, 0.15) is 86.5 Å². The highest BCUT2D eigenvalue weighted by Crippen LogP contribution is 2.77. The highest BCUT2D eigenvalue weighted by Gasteiger charge is 2.75. The van der Waals surface area contributed by atoms with Crippen LogP contribution < -0.4 is 0 Å². The molecule has 4 saturated carbocycles. The summed E-state index contributed by atoms with van der Waals surface area (Å²) in [6.07, 6.45) is 6.18. The standard InChI is InChI=1S/C30H48O5/c1-17(2)24(33)21(31)14-18(3)19-8-10-27(6)20(19)15-22(32)25-28(27,7)11-9-23-26(4,5)30(34)13-12-29(23,25)16-35-30/h14,19-25,31-34H,1,8-13,15-16H2,2-7H3/b18-14+/t19-,20-,21+,22-,23?,24?,25+,27-,28-,29-,30-/m1/s1. The van der Waals surface area contributed by atoms with Gasteiger partial charge in [-0.3, -0.25) is 0 Å². The van der Waals surface area contributed by atoms with Crippen molar-refractivity contribution in [2.45, 2.75) is 111 Å². The molecule has 5 heteroatoms. The molecule has 0 radical (unpaired) electrons. The van der Waals surface area contributed by atoms with Crippen LogP contribution in [0.4, 0.5) is 0 Å². The van der Waals surface area contributed by atoms with Crippen molar-refractivity contribution < 1.29 is 25.2 Å². The van der Waals surface area contributed by atoms with Gasteiger partial charge in [-0.05, 0) is 92.4 Å². The van der Waals surface area contributed by atoms with Crippen LogP contribution in [0.15, 0.2) is 23.8 Å². The molecule has 1 spiro atoms. The van der Waals surface area contributed by atoms with Gasteiger partial charge in [-0.25, -0.2) is 0 Å². The summed E-state index contributed by atoms with van der Waals surface area (Å²) in [5.74, 6) is 0.112. The first-order chi connectivity index (χ1) is 16.1. The van der Waals surface area contributed by atoms with Crippen molar-refractivity contribution in [1.29, 1.82) is 0 Å². The smallest absolute Gasteiger partial charge is 0.170 e. The fraction of sp³-hybridized carbons (Fsp3) is 0.867. The van der Waals surface area contributed by atoms with Gasteiger partial charge in [0.25, 0.3) is 0 Å². The van der Waals surface area contributed by atoms with Gasteiger partial charge in [-0.1, -0.05) is 45.9 Å². The molecule has 2 bridgehead atoms. The lowest BCUT2D eigenvalue weighted by molar-refractivity contribution is -0.404. The van der Waals surface area contributed by atoms with Crippen LogP contribution in [-0.2, 0) is 4.74 Å². The number of ether oxygens (including phenoxy) is 1. The molecule has 5 nitrogen and oxygen atoms in total. The Morgan fingerprint density at radius 2 is 1.66 bits per heavy atom. The van der Waals surface area contributed by atoms with Crippen LogP contribution in [0.3, 0.4) is 0 Å². The zero-order valence-electron chi connectivity index (χ0n) is 22.7. The lowest BCUT2D eigenvalue weighted by Gasteiger charge is -2.74. The molecule has 2 aliphatic heterocycles. The summed E-state index contributed by atoms with van der Waals surface area (Å²) in [5.41, 5.74) is 1.36. The minimum absolute atomic E-state index is 0.0110. The number of rotatable bonds is 4. The van der Waals surface area contributed by atoms with Crippen LogP contribution in [0.2, 0.25) is 0 Å². The van der Waals surface area contributed by atoms with Gasteiger partial charge in [0.05, 0.1) is 12.7 Å². The summed E-state index contributed by atoms with van der Waals surface area (Å²) in [6, 6.07) is 0. The van der Waals surface area contributed by atoms with Gasteiger partial charge in [-0.15, -0.1) is 0 Å². The second kappa shape index (κ2) is 7.89. The summed E-state index contributed by atoms with van der Waals surface area (Å²) in [6.45, 7) is 17.4. The molecule has 2 saturated heterocycles. The van der Waals surface area contributed by atoms with E-state index in [0.717, 1.165) is 44.1 Å². The van der Waals surface area contributed by atoms with Crippen molar-refractivity contribution >= 4 is 0 Å². The molecule has 198 valence electrons. The lowest BCUT2D eigenvalue weighted by Crippen LogP contribution is -2.75. The molecule has 0 aromatic carbocycles. The van der Waals surface area contributed by atoms with Crippen LogP contribution >= 0.6 is 0 Å². The molecule has 0 aromatic heterocycles. The lowest BCUT2D eigenvalue weighted by atomic mass is 9.33. The van der Waals surface area contributed by atoms with Crippen molar-refractivity contribution in [3.05, 3.63) is 23.8 Å². The van der Waals surface area contributed by atoms with Gasteiger partial charge in [0, 0.05) is 17.3 Å². The molecule has 6 fully saturated rings. The summed E-state index contributed by atoms with van der Waals surface area (Å²) < 4.78 is 6.25. The van der Waals surface area contributed by atoms with E-state index >= 15 is 0 Å². The monoisotopic (exact) mass is 488 g/mol. The van der Waals surface area contributed by atoms with E-state index in [-0.39, 0.29) is 27.6 Å². The first-order valence-corrected chi connectivity index (χ1v) is 13.9. The molecule has 11 atom stereocenters. The van der Waals surface area contributed by atoms with Crippen molar-refractivity contribution in [2.75, 3.05) is 6.61 Å². The third-order valence-electron chi connectivity index (χ3n) is 12.6. The summed E-state index contributed by atoms with van der Waals surface area (Å²) >= 11 is 0. The zero-order valence-corrected chi connectivity index (χ0v) is 22.7. The molecule has 35 heavy (non-hydrogen) atoms. The van der Waals surface area contributed by atoms with E-state index < -0.39 is 24.1 Å². The third kappa shape index (κ3) is 3.17. The Morgan fingerprint density at radius 3 is 2.26 bits per heavy atom. The average Bonchev–Trinajstić information content (AvgIpc) is 3.12. The molecule has 2 heterocycles. The van der Waals surface area contributed by atoms with E-state index in [2.05, 4.69) is 41.2 Å². The number of aliphatic hydroxyl groups excluding tert-OH is 3. The van der Waals surface area contributed by atoms with E-state index in [1.807, 2.05) is 6.08 Å². The Labute approximate surface area is 211 Å². The van der Waals surface area contributed by atoms with Gasteiger partial charge < -0.3 is 25.2 Å². The van der Waals surface area contributed by atoms with Gasteiger partial charge in [-0.2, -0.15) is 0 Å². The first-order valence-electron chi connectivity index (χ1n) is 13.9. The van der Waals surface area contributed by atoms with E-state index in [4.69, 9.17) is 4.74 Å². The first kappa shape index (κ1) is 25.9. The number of hydrogen-bond donors (Lipinski definition) is 4. The molecular weight excluding hydrogens is 440 g/mol. The van der Waals surface area contributed by atoms with Crippen LogP contribution in [0.25, 0.3) is 0 Å². The van der Waals surface area contributed by atoms with E-state index in [1.165, 1.54) is 0 Å². The normalized spacial score (nSPS) is 52.3. The van der Waals surface area contributed by atoms with Gasteiger partial charge >= 0.3 is 0 Å².